The normalized spacial score (nSPS) is 37.4. The van der Waals surface area contributed by atoms with E-state index in [1.54, 1.807) is 0 Å². The molecule has 0 spiro atoms. The van der Waals surface area contributed by atoms with Crippen molar-refractivity contribution < 1.29 is 4.74 Å². The third-order valence-corrected chi connectivity index (χ3v) is 5.77. The standard InChI is InChI=1S/C17H32N2O/c1-2-16-10-18-17(15-6-4-3-5-7-15)12-19(16)11-14-8-9-20-13-14/h14-18H,2-13H2,1H3. The van der Waals surface area contributed by atoms with Crippen LogP contribution in [0, 0.1) is 11.8 Å². The van der Waals surface area contributed by atoms with E-state index in [0.29, 0.717) is 0 Å². The van der Waals surface area contributed by atoms with Crippen molar-refractivity contribution in [2.75, 3.05) is 32.8 Å². The summed E-state index contributed by atoms with van der Waals surface area (Å²) in [5, 5.41) is 3.87. The molecule has 2 saturated heterocycles. The van der Waals surface area contributed by atoms with Crippen LogP contribution in [0.4, 0.5) is 0 Å². The summed E-state index contributed by atoms with van der Waals surface area (Å²) in [5.74, 6) is 1.72. The van der Waals surface area contributed by atoms with Crippen molar-refractivity contribution >= 4 is 0 Å². The fourth-order valence-electron chi connectivity index (χ4n) is 4.42. The minimum atomic E-state index is 0.746. The Labute approximate surface area is 124 Å². The molecule has 3 unspecified atom stereocenters. The first kappa shape index (κ1) is 14.8. The Kier molecular flexibility index (Phi) is 5.36. The molecule has 3 aliphatic rings. The highest BCUT2D eigenvalue weighted by atomic mass is 16.5. The van der Waals surface area contributed by atoms with Crippen LogP contribution >= 0.6 is 0 Å². The lowest BCUT2D eigenvalue weighted by molar-refractivity contribution is 0.0752. The Morgan fingerprint density at radius 1 is 1.15 bits per heavy atom. The summed E-state index contributed by atoms with van der Waals surface area (Å²) in [7, 11) is 0. The van der Waals surface area contributed by atoms with Crippen LogP contribution in [0.3, 0.4) is 0 Å². The molecule has 3 atom stereocenters. The first-order chi connectivity index (χ1) is 9.86. The van der Waals surface area contributed by atoms with Gasteiger partial charge in [0.1, 0.15) is 0 Å². The summed E-state index contributed by atoms with van der Waals surface area (Å²) in [5.41, 5.74) is 0. The van der Waals surface area contributed by atoms with Gasteiger partial charge in [0, 0.05) is 38.3 Å². The zero-order chi connectivity index (χ0) is 13.8. The third kappa shape index (κ3) is 3.55. The highest BCUT2D eigenvalue weighted by molar-refractivity contribution is 4.91. The van der Waals surface area contributed by atoms with Crippen molar-refractivity contribution in [3.8, 4) is 0 Å². The van der Waals surface area contributed by atoms with E-state index in [4.69, 9.17) is 4.74 Å². The van der Waals surface area contributed by atoms with Gasteiger partial charge < -0.3 is 10.1 Å². The van der Waals surface area contributed by atoms with E-state index >= 15 is 0 Å². The maximum Gasteiger partial charge on any atom is 0.0507 e. The molecular formula is C17H32N2O. The second-order valence-corrected chi connectivity index (χ2v) is 7.16. The van der Waals surface area contributed by atoms with Crippen LogP contribution in [-0.4, -0.2) is 49.8 Å². The van der Waals surface area contributed by atoms with Gasteiger partial charge >= 0.3 is 0 Å². The summed E-state index contributed by atoms with van der Waals surface area (Å²) >= 11 is 0. The number of hydrogen-bond acceptors (Lipinski definition) is 3. The summed E-state index contributed by atoms with van der Waals surface area (Å²) in [6, 6.07) is 1.50. The highest BCUT2D eigenvalue weighted by Gasteiger charge is 2.33. The molecule has 3 fully saturated rings. The first-order valence-electron chi connectivity index (χ1n) is 8.92. The smallest absolute Gasteiger partial charge is 0.0507 e. The molecule has 1 saturated carbocycles. The van der Waals surface area contributed by atoms with Gasteiger partial charge in [0.25, 0.3) is 0 Å². The van der Waals surface area contributed by atoms with Gasteiger partial charge in [0.15, 0.2) is 0 Å². The third-order valence-electron chi connectivity index (χ3n) is 5.77. The Morgan fingerprint density at radius 3 is 2.70 bits per heavy atom. The monoisotopic (exact) mass is 280 g/mol. The Bertz CT molecular complexity index is 285. The molecule has 0 amide bonds. The van der Waals surface area contributed by atoms with Gasteiger partial charge in [0.2, 0.25) is 0 Å². The Hall–Kier alpha value is -0.120. The van der Waals surface area contributed by atoms with E-state index in [1.165, 1.54) is 64.6 Å². The molecule has 3 rings (SSSR count). The molecule has 0 aromatic carbocycles. The molecule has 2 aliphatic heterocycles. The molecule has 3 heteroatoms. The quantitative estimate of drug-likeness (QED) is 0.857. The Morgan fingerprint density at radius 2 is 2.00 bits per heavy atom. The highest BCUT2D eigenvalue weighted by Crippen LogP contribution is 2.29. The molecule has 1 aliphatic carbocycles. The van der Waals surface area contributed by atoms with Crippen LogP contribution in [0.1, 0.15) is 51.9 Å². The molecular weight excluding hydrogens is 248 g/mol. The number of nitrogens with zero attached hydrogens (tertiary/aromatic N) is 1. The van der Waals surface area contributed by atoms with Crippen LogP contribution < -0.4 is 5.32 Å². The fourth-order valence-corrected chi connectivity index (χ4v) is 4.42. The van der Waals surface area contributed by atoms with Crippen LogP contribution in [0.2, 0.25) is 0 Å². The summed E-state index contributed by atoms with van der Waals surface area (Å²) in [4.78, 5) is 2.79. The van der Waals surface area contributed by atoms with Crippen LogP contribution in [-0.2, 0) is 4.74 Å². The topological polar surface area (TPSA) is 24.5 Å². The first-order valence-corrected chi connectivity index (χ1v) is 8.92. The molecule has 0 aromatic heterocycles. The van der Waals surface area contributed by atoms with Crippen molar-refractivity contribution in [3.63, 3.8) is 0 Å². The van der Waals surface area contributed by atoms with E-state index in [9.17, 15) is 0 Å². The van der Waals surface area contributed by atoms with Crippen LogP contribution in [0.25, 0.3) is 0 Å². The predicted octanol–water partition coefficient (Wildman–Crippen LogP) is 2.66. The number of nitrogens with one attached hydrogen (secondary N) is 1. The Balaban J connectivity index is 1.56. The SMILES string of the molecule is CCC1CNC(C2CCCCC2)CN1CC1CCOC1. The predicted molar refractivity (Wildman–Crippen MR) is 82.9 cm³/mol. The molecule has 0 bridgehead atoms. The number of piperazine rings is 1. The van der Waals surface area contributed by atoms with Gasteiger partial charge in [-0.2, -0.15) is 0 Å². The number of ether oxygens (including phenoxy) is 1. The van der Waals surface area contributed by atoms with E-state index < -0.39 is 0 Å². The lowest BCUT2D eigenvalue weighted by Gasteiger charge is -2.44. The molecule has 0 radical (unpaired) electrons. The van der Waals surface area contributed by atoms with Crippen molar-refractivity contribution in [2.24, 2.45) is 11.8 Å². The second kappa shape index (κ2) is 7.24. The zero-order valence-electron chi connectivity index (χ0n) is 13.2. The zero-order valence-corrected chi connectivity index (χ0v) is 13.2. The maximum atomic E-state index is 5.57. The summed E-state index contributed by atoms with van der Waals surface area (Å²) < 4.78 is 5.57. The average Bonchev–Trinajstić information content (AvgIpc) is 3.01. The second-order valence-electron chi connectivity index (χ2n) is 7.16. The van der Waals surface area contributed by atoms with Crippen molar-refractivity contribution in [2.45, 2.75) is 64.0 Å². The average molecular weight is 280 g/mol. The van der Waals surface area contributed by atoms with Gasteiger partial charge in [-0.15, -0.1) is 0 Å². The van der Waals surface area contributed by atoms with Gasteiger partial charge in [-0.3, -0.25) is 4.90 Å². The van der Waals surface area contributed by atoms with Crippen molar-refractivity contribution in [1.82, 2.24) is 10.2 Å². The minimum absolute atomic E-state index is 0.746. The molecule has 0 aromatic rings. The van der Waals surface area contributed by atoms with E-state index in [0.717, 1.165) is 37.1 Å². The number of rotatable bonds is 4. The maximum absolute atomic E-state index is 5.57. The lowest BCUT2D eigenvalue weighted by atomic mass is 9.82. The lowest BCUT2D eigenvalue weighted by Crippen LogP contribution is -2.59. The van der Waals surface area contributed by atoms with Crippen LogP contribution in [0.15, 0.2) is 0 Å². The number of hydrogen-bond donors (Lipinski definition) is 1. The van der Waals surface area contributed by atoms with Gasteiger partial charge in [-0.25, -0.2) is 0 Å². The van der Waals surface area contributed by atoms with Gasteiger partial charge in [-0.05, 0) is 37.5 Å². The fraction of sp³-hybridized carbons (Fsp3) is 1.00. The summed E-state index contributed by atoms with van der Waals surface area (Å²) in [6.45, 7) is 8.06. The van der Waals surface area contributed by atoms with Crippen LogP contribution in [0.5, 0.6) is 0 Å². The van der Waals surface area contributed by atoms with Crippen molar-refractivity contribution in [3.05, 3.63) is 0 Å². The molecule has 2 heterocycles. The summed E-state index contributed by atoms with van der Waals surface area (Å²) in [6.07, 6.45) is 9.83. The molecule has 116 valence electrons. The van der Waals surface area contributed by atoms with E-state index in [-0.39, 0.29) is 0 Å². The van der Waals surface area contributed by atoms with Crippen molar-refractivity contribution in [1.29, 1.82) is 0 Å². The van der Waals surface area contributed by atoms with Gasteiger partial charge in [-0.1, -0.05) is 26.2 Å². The van der Waals surface area contributed by atoms with Gasteiger partial charge in [0.05, 0.1) is 6.61 Å². The molecule has 1 N–H and O–H groups in total. The minimum Gasteiger partial charge on any atom is -0.381 e. The van der Waals surface area contributed by atoms with E-state index in [1.807, 2.05) is 0 Å². The van der Waals surface area contributed by atoms with E-state index in [2.05, 4.69) is 17.1 Å². The largest absolute Gasteiger partial charge is 0.381 e. The molecule has 20 heavy (non-hydrogen) atoms. The molecule has 3 nitrogen and oxygen atoms in total.